The first-order valence-electron chi connectivity index (χ1n) is 7.32. The van der Waals surface area contributed by atoms with Crippen LogP contribution in [-0.4, -0.2) is 21.3 Å². The Hall–Kier alpha value is -1.68. The molecule has 0 saturated heterocycles. The van der Waals surface area contributed by atoms with Crippen LogP contribution in [0.3, 0.4) is 0 Å². The Morgan fingerprint density at radius 3 is 2.70 bits per heavy atom. The maximum absolute atomic E-state index is 4.44. The highest BCUT2D eigenvalue weighted by Gasteiger charge is 2.27. The van der Waals surface area contributed by atoms with E-state index in [1.54, 1.807) is 0 Å². The molecule has 0 saturated carbocycles. The van der Waals surface area contributed by atoms with Crippen LogP contribution in [0.5, 0.6) is 0 Å². The number of aryl methyl sites for hydroxylation is 2. The third-order valence-electron chi connectivity index (χ3n) is 4.19. The quantitative estimate of drug-likeness (QED) is 0.912. The van der Waals surface area contributed by atoms with Crippen molar-refractivity contribution in [2.24, 2.45) is 5.92 Å². The Labute approximate surface area is 120 Å². The van der Waals surface area contributed by atoms with E-state index in [1.165, 1.54) is 11.1 Å². The lowest BCUT2D eigenvalue weighted by atomic mass is 10.0. The molecule has 1 unspecified atom stereocenters. The van der Waals surface area contributed by atoms with Crippen molar-refractivity contribution in [1.29, 1.82) is 0 Å². The van der Waals surface area contributed by atoms with E-state index in [1.807, 2.05) is 0 Å². The number of hydrogen-bond donors (Lipinski definition) is 1. The summed E-state index contributed by atoms with van der Waals surface area (Å²) in [4.78, 5) is 0. The van der Waals surface area contributed by atoms with Gasteiger partial charge in [-0.05, 0) is 37.0 Å². The van der Waals surface area contributed by atoms with Crippen molar-refractivity contribution < 1.29 is 0 Å². The molecule has 2 aromatic rings. The number of benzene rings is 1. The van der Waals surface area contributed by atoms with Crippen LogP contribution < -0.4 is 5.32 Å². The molecule has 1 N–H and O–H groups in total. The van der Waals surface area contributed by atoms with Crippen molar-refractivity contribution >= 4 is 0 Å². The molecule has 2 heterocycles. The van der Waals surface area contributed by atoms with Crippen LogP contribution in [-0.2, 0) is 6.54 Å². The zero-order valence-electron chi connectivity index (χ0n) is 12.6. The van der Waals surface area contributed by atoms with Gasteiger partial charge in [-0.2, -0.15) is 0 Å². The minimum absolute atomic E-state index is 0.302. The average molecular weight is 270 g/mol. The first-order chi connectivity index (χ1) is 9.58. The number of nitrogens with one attached hydrogen (secondary N) is 1. The van der Waals surface area contributed by atoms with E-state index in [0.717, 1.165) is 30.3 Å². The number of fused-ring (bicyclic) bond motifs is 1. The molecular formula is C16H22N4. The summed E-state index contributed by atoms with van der Waals surface area (Å²) in [7, 11) is 0. The van der Waals surface area contributed by atoms with Crippen molar-refractivity contribution in [3.8, 4) is 11.4 Å². The van der Waals surface area contributed by atoms with E-state index in [4.69, 9.17) is 0 Å². The van der Waals surface area contributed by atoms with Crippen molar-refractivity contribution in [2.45, 2.75) is 40.3 Å². The summed E-state index contributed by atoms with van der Waals surface area (Å²) in [6.07, 6.45) is 0. The molecule has 4 heteroatoms. The molecule has 1 atom stereocenters. The number of hydrogen-bond acceptors (Lipinski definition) is 3. The predicted molar refractivity (Wildman–Crippen MR) is 80.5 cm³/mol. The Balaban J connectivity index is 2.06. The molecule has 106 valence electrons. The second-order valence-electron chi connectivity index (χ2n) is 6.01. The summed E-state index contributed by atoms with van der Waals surface area (Å²) in [6.45, 7) is 10.6. The molecule has 1 aromatic carbocycles. The molecule has 0 fully saturated rings. The van der Waals surface area contributed by atoms with Crippen LogP contribution in [0.25, 0.3) is 11.4 Å². The largest absolute Gasteiger partial charge is 0.308 e. The lowest BCUT2D eigenvalue weighted by Crippen LogP contribution is -2.36. The van der Waals surface area contributed by atoms with Crippen LogP contribution in [0.4, 0.5) is 0 Å². The highest BCUT2D eigenvalue weighted by molar-refractivity contribution is 5.58. The van der Waals surface area contributed by atoms with Crippen LogP contribution in [0.15, 0.2) is 18.2 Å². The fourth-order valence-electron chi connectivity index (χ4n) is 2.82. The highest BCUT2D eigenvalue weighted by atomic mass is 15.3. The van der Waals surface area contributed by atoms with Gasteiger partial charge in [0, 0.05) is 18.7 Å². The molecule has 0 bridgehead atoms. The SMILES string of the molecule is Cc1ccc(-c2nnc3n2CCNC3C(C)C)cc1C. The third kappa shape index (κ3) is 2.14. The summed E-state index contributed by atoms with van der Waals surface area (Å²) in [5, 5.41) is 12.4. The van der Waals surface area contributed by atoms with Crippen LogP contribution in [0, 0.1) is 19.8 Å². The van der Waals surface area contributed by atoms with Gasteiger partial charge in [0.25, 0.3) is 0 Å². The van der Waals surface area contributed by atoms with Crippen molar-refractivity contribution in [2.75, 3.05) is 6.54 Å². The molecule has 0 aliphatic carbocycles. The molecule has 4 nitrogen and oxygen atoms in total. The summed E-state index contributed by atoms with van der Waals surface area (Å²) in [6, 6.07) is 6.81. The number of nitrogens with zero attached hydrogens (tertiary/aromatic N) is 3. The van der Waals surface area contributed by atoms with Crippen LogP contribution in [0.2, 0.25) is 0 Å². The van der Waals surface area contributed by atoms with E-state index in [-0.39, 0.29) is 0 Å². The topological polar surface area (TPSA) is 42.7 Å². The maximum Gasteiger partial charge on any atom is 0.164 e. The summed E-state index contributed by atoms with van der Waals surface area (Å²) in [5.74, 6) is 2.58. The lowest BCUT2D eigenvalue weighted by molar-refractivity contribution is 0.339. The normalized spacial score (nSPS) is 18.4. The van der Waals surface area contributed by atoms with Gasteiger partial charge in [-0.3, -0.25) is 0 Å². The Morgan fingerprint density at radius 2 is 2.00 bits per heavy atom. The van der Waals surface area contributed by atoms with Gasteiger partial charge in [0.2, 0.25) is 0 Å². The first-order valence-corrected chi connectivity index (χ1v) is 7.32. The predicted octanol–water partition coefficient (Wildman–Crippen LogP) is 2.86. The van der Waals surface area contributed by atoms with E-state index >= 15 is 0 Å². The van der Waals surface area contributed by atoms with Crippen LogP contribution >= 0.6 is 0 Å². The Morgan fingerprint density at radius 1 is 1.20 bits per heavy atom. The molecule has 0 spiro atoms. The van der Waals surface area contributed by atoms with Gasteiger partial charge >= 0.3 is 0 Å². The van der Waals surface area contributed by atoms with Gasteiger partial charge in [0.15, 0.2) is 11.6 Å². The van der Waals surface area contributed by atoms with Gasteiger partial charge < -0.3 is 9.88 Å². The van der Waals surface area contributed by atoms with E-state index in [2.05, 4.69) is 66.0 Å². The van der Waals surface area contributed by atoms with E-state index in [9.17, 15) is 0 Å². The van der Waals surface area contributed by atoms with Gasteiger partial charge in [0.1, 0.15) is 0 Å². The summed E-state index contributed by atoms with van der Waals surface area (Å²) >= 11 is 0. The Bertz CT molecular complexity index is 627. The molecule has 0 radical (unpaired) electrons. The maximum atomic E-state index is 4.44. The summed E-state index contributed by atoms with van der Waals surface area (Å²) < 4.78 is 2.27. The van der Waals surface area contributed by atoms with Gasteiger partial charge in [0.05, 0.1) is 6.04 Å². The Kier molecular flexibility index (Phi) is 3.34. The number of aromatic nitrogens is 3. The third-order valence-corrected chi connectivity index (χ3v) is 4.19. The van der Waals surface area contributed by atoms with Gasteiger partial charge in [-0.1, -0.05) is 26.0 Å². The zero-order chi connectivity index (χ0) is 14.3. The van der Waals surface area contributed by atoms with E-state index in [0.29, 0.717) is 12.0 Å². The molecular weight excluding hydrogens is 248 g/mol. The zero-order valence-corrected chi connectivity index (χ0v) is 12.6. The molecule has 0 amide bonds. The molecule has 3 rings (SSSR count). The van der Waals surface area contributed by atoms with Gasteiger partial charge in [-0.15, -0.1) is 10.2 Å². The standard InChI is InChI=1S/C16H22N4/c1-10(2)14-16-19-18-15(20(16)8-7-17-14)13-6-5-11(3)12(4)9-13/h5-6,9-10,14,17H,7-8H2,1-4H3. The smallest absolute Gasteiger partial charge is 0.164 e. The molecule has 20 heavy (non-hydrogen) atoms. The minimum atomic E-state index is 0.302. The lowest BCUT2D eigenvalue weighted by Gasteiger charge is -2.27. The molecule has 1 aliphatic heterocycles. The number of rotatable bonds is 2. The van der Waals surface area contributed by atoms with Crippen LogP contribution in [0.1, 0.15) is 36.8 Å². The second-order valence-corrected chi connectivity index (χ2v) is 6.01. The molecule has 1 aromatic heterocycles. The highest BCUT2D eigenvalue weighted by Crippen LogP contribution is 2.28. The van der Waals surface area contributed by atoms with E-state index < -0.39 is 0 Å². The molecule has 1 aliphatic rings. The summed E-state index contributed by atoms with van der Waals surface area (Å²) in [5.41, 5.74) is 3.78. The fourth-order valence-corrected chi connectivity index (χ4v) is 2.82. The average Bonchev–Trinajstić information content (AvgIpc) is 2.85. The minimum Gasteiger partial charge on any atom is -0.308 e. The van der Waals surface area contributed by atoms with Gasteiger partial charge in [-0.25, -0.2) is 0 Å². The fraction of sp³-hybridized carbons (Fsp3) is 0.500. The first kappa shape index (κ1) is 13.3. The second kappa shape index (κ2) is 5.02. The van der Waals surface area contributed by atoms with Crippen molar-refractivity contribution in [1.82, 2.24) is 20.1 Å². The monoisotopic (exact) mass is 270 g/mol. The van der Waals surface area contributed by atoms with Crippen molar-refractivity contribution in [3.63, 3.8) is 0 Å². The van der Waals surface area contributed by atoms with Crippen molar-refractivity contribution in [3.05, 3.63) is 35.2 Å².